The van der Waals surface area contributed by atoms with Crippen LogP contribution in [0.25, 0.3) is 0 Å². The average molecular weight is 369 g/mol. The van der Waals surface area contributed by atoms with E-state index in [2.05, 4.69) is 15.5 Å². The number of hydrogen-bond donors (Lipinski definition) is 1. The van der Waals surface area contributed by atoms with Gasteiger partial charge in [0.2, 0.25) is 20.9 Å². The van der Waals surface area contributed by atoms with Crippen molar-refractivity contribution in [2.45, 2.75) is 36.1 Å². The minimum absolute atomic E-state index is 0.178. The summed E-state index contributed by atoms with van der Waals surface area (Å²) >= 11 is 5.79. The maximum Gasteiger partial charge on any atom is 0.250 e. The van der Waals surface area contributed by atoms with Crippen molar-refractivity contribution in [3.05, 3.63) is 35.1 Å². The summed E-state index contributed by atoms with van der Waals surface area (Å²) in [6.45, 7) is 1.34. The number of carbonyl (C=O) groups excluding carboxylic acids is 1. The molecule has 0 spiro atoms. The second-order valence-electron chi connectivity index (χ2n) is 5.86. The van der Waals surface area contributed by atoms with E-state index >= 15 is 0 Å². The Morgan fingerprint density at radius 2 is 1.92 bits per heavy atom. The van der Waals surface area contributed by atoms with E-state index in [1.165, 1.54) is 11.5 Å². The van der Waals surface area contributed by atoms with Crippen LogP contribution in [0.3, 0.4) is 0 Å². The summed E-state index contributed by atoms with van der Waals surface area (Å²) < 4.78 is 26.9. The van der Waals surface area contributed by atoms with Gasteiger partial charge >= 0.3 is 0 Å². The number of nitrogens with one attached hydrogen (secondary N) is 1. The molecule has 3 rings (SSSR count). The zero-order chi connectivity index (χ0) is 17.5. The standard InChI is InChI=1S/C15H17ClN4O3S/c1-9(14(21)17-12-7-5-11(16)6-8-12)24(22,23)15-19-18-13(20(15)2)10-3-4-10/h5-10H,3-4H2,1-2H3,(H,17,21). The van der Waals surface area contributed by atoms with Crippen LogP contribution in [0, 0.1) is 0 Å². The minimum atomic E-state index is -3.93. The monoisotopic (exact) mass is 368 g/mol. The molecule has 0 aliphatic heterocycles. The highest BCUT2D eigenvalue weighted by Gasteiger charge is 2.37. The number of anilines is 1. The van der Waals surface area contributed by atoms with Crippen molar-refractivity contribution in [3.8, 4) is 0 Å². The molecule has 1 aromatic heterocycles. The van der Waals surface area contributed by atoms with Crippen LogP contribution in [-0.2, 0) is 21.7 Å². The number of rotatable bonds is 5. The molecule has 0 radical (unpaired) electrons. The Kier molecular flexibility index (Phi) is 4.35. The van der Waals surface area contributed by atoms with Gasteiger partial charge < -0.3 is 9.88 Å². The Morgan fingerprint density at radius 1 is 1.29 bits per heavy atom. The van der Waals surface area contributed by atoms with Gasteiger partial charge in [0.1, 0.15) is 11.1 Å². The maximum atomic E-state index is 12.7. The molecule has 1 aliphatic rings. The third-order valence-electron chi connectivity index (χ3n) is 4.01. The maximum absolute atomic E-state index is 12.7. The quantitative estimate of drug-likeness (QED) is 0.872. The molecule has 7 nitrogen and oxygen atoms in total. The molecule has 1 unspecified atom stereocenters. The fraction of sp³-hybridized carbons (Fsp3) is 0.400. The molecule has 9 heteroatoms. The predicted octanol–water partition coefficient (Wildman–Crippen LogP) is 2.15. The first-order chi connectivity index (χ1) is 11.3. The second kappa shape index (κ2) is 6.18. The number of amides is 1. The molecule has 2 aromatic rings. The normalized spacial score (nSPS) is 16.0. The molecule has 1 saturated carbocycles. The lowest BCUT2D eigenvalue weighted by molar-refractivity contribution is -0.115. The number of hydrogen-bond acceptors (Lipinski definition) is 5. The van der Waals surface area contributed by atoms with E-state index in [-0.39, 0.29) is 11.1 Å². The lowest BCUT2D eigenvalue weighted by Crippen LogP contribution is -2.34. The van der Waals surface area contributed by atoms with E-state index in [0.29, 0.717) is 16.5 Å². The van der Waals surface area contributed by atoms with Crippen molar-refractivity contribution < 1.29 is 13.2 Å². The fourth-order valence-corrected chi connectivity index (χ4v) is 3.76. The number of nitrogens with zero attached hydrogens (tertiary/aromatic N) is 3. The average Bonchev–Trinajstić information content (AvgIpc) is 3.30. The van der Waals surface area contributed by atoms with Crippen LogP contribution in [0.15, 0.2) is 29.4 Å². The zero-order valence-electron chi connectivity index (χ0n) is 13.2. The molecule has 24 heavy (non-hydrogen) atoms. The Balaban J connectivity index is 1.80. The summed E-state index contributed by atoms with van der Waals surface area (Å²) in [7, 11) is -2.32. The van der Waals surface area contributed by atoms with Crippen molar-refractivity contribution in [2.24, 2.45) is 7.05 Å². The summed E-state index contributed by atoms with van der Waals surface area (Å²) in [5.74, 6) is 0.289. The molecule has 1 atom stereocenters. The Morgan fingerprint density at radius 3 is 2.50 bits per heavy atom. The van der Waals surface area contributed by atoms with Crippen LogP contribution in [0.1, 0.15) is 31.5 Å². The van der Waals surface area contributed by atoms with Crippen LogP contribution >= 0.6 is 11.6 Å². The van der Waals surface area contributed by atoms with E-state index in [1.807, 2.05) is 0 Å². The SMILES string of the molecule is CC(C(=O)Nc1ccc(Cl)cc1)S(=O)(=O)c1nnc(C2CC2)n1C. The smallest absolute Gasteiger partial charge is 0.250 e. The van der Waals surface area contributed by atoms with Crippen molar-refractivity contribution >= 4 is 33.0 Å². The van der Waals surface area contributed by atoms with E-state index < -0.39 is 21.0 Å². The van der Waals surface area contributed by atoms with E-state index in [9.17, 15) is 13.2 Å². The van der Waals surface area contributed by atoms with Crippen LogP contribution in [0.2, 0.25) is 5.02 Å². The van der Waals surface area contributed by atoms with Gasteiger partial charge in [0, 0.05) is 23.7 Å². The van der Waals surface area contributed by atoms with Gasteiger partial charge in [0.15, 0.2) is 0 Å². The molecule has 1 aliphatic carbocycles. The number of sulfone groups is 1. The van der Waals surface area contributed by atoms with Gasteiger partial charge in [-0.05, 0) is 44.0 Å². The summed E-state index contributed by atoms with van der Waals surface area (Å²) in [5.41, 5.74) is 0.475. The van der Waals surface area contributed by atoms with E-state index in [4.69, 9.17) is 11.6 Å². The molecule has 1 fully saturated rings. The van der Waals surface area contributed by atoms with Gasteiger partial charge in [-0.2, -0.15) is 0 Å². The molecule has 0 bridgehead atoms. The summed E-state index contributed by atoms with van der Waals surface area (Å²) in [5, 5.41) is 9.40. The lowest BCUT2D eigenvalue weighted by atomic mass is 10.3. The highest BCUT2D eigenvalue weighted by atomic mass is 35.5. The Hall–Kier alpha value is -1.93. The number of halogens is 1. The first-order valence-electron chi connectivity index (χ1n) is 7.50. The van der Waals surface area contributed by atoms with Gasteiger partial charge in [0.05, 0.1) is 0 Å². The highest BCUT2D eigenvalue weighted by Crippen LogP contribution is 2.39. The molecule has 128 valence electrons. The van der Waals surface area contributed by atoms with Crippen molar-refractivity contribution in [3.63, 3.8) is 0 Å². The number of benzene rings is 1. The molecule has 1 amide bonds. The van der Waals surface area contributed by atoms with Crippen molar-refractivity contribution in [1.29, 1.82) is 0 Å². The minimum Gasteiger partial charge on any atom is -0.325 e. The molecule has 1 heterocycles. The summed E-state index contributed by atoms with van der Waals surface area (Å²) in [6, 6.07) is 6.43. The topological polar surface area (TPSA) is 93.9 Å². The summed E-state index contributed by atoms with van der Waals surface area (Å²) in [4.78, 5) is 12.3. The Labute approximate surface area is 145 Å². The van der Waals surface area contributed by atoms with Gasteiger partial charge in [0.25, 0.3) is 0 Å². The molecule has 1 N–H and O–H groups in total. The number of aromatic nitrogens is 3. The molecular weight excluding hydrogens is 352 g/mol. The van der Waals surface area contributed by atoms with Crippen molar-refractivity contribution in [2.75, 3.05) is 5.32 Å². The highest BCUT2D eigenvalue weighted by molar-refractivity contribution is 7.92. The number of carbonyl (C=O) groups is 1. The third-order valence-corrected chi connectivity index (χ3v) is 6.27. The molecule has 1 aromatic carbocycles. The predicted molar refractivity (Wildman–Crippen MR) is 89.7 cm³/mol. The zero-order valence-corrected chi connectivity index (χ0v) is 14.8. The van der Waals surface area contributed by atoms with Gasteiger partial charge in [-0.25, -0.2) is 8.42 Å². The largest absolute Gasteiger partial charge is 0.325 e. The Bertz CT molecular complexity index is 873. The van der Waals surface area contributed by atoms with E-state index in [1.54, 1.807) is 31.3 Å². The van der Waals surface area contributed by atoms with Gasteiger partial charge in [-0.1, -0.05) is 11.6 Å². The van der Waals surface area contributed by atoms with Gasteiger partial charge in [-0.3, -0.25) is 4.79 Å². The molecule has 0 saturated heterocycles. The van der Waals surface area contributed by atoms with Crippen molar-refractivity contribution in [1.82, 2.24) is 14.8 Å². The molecular formula is C15H17ClN4O3S. The fourth-order valence-electron chi connectivity index (χ4n) is 2.35. The first kappa shape index (κ1) is 16.9. The summed E-state index contributed by atoms with van der Waals surface area (Å²) in [6.07, 6.45) is 1.97. The lowest BCUT2D eigenvalue weighted by Gasteiger charge is -2.13. The third kappa shape index (κ3) is 3.16. The first-order valence-corrected chi connectivity index (χ1v) is 9.42. The van der Waals surface area contributed by atoms with Crippen LogP contribution in [-0.4, -0.2) is 34.3 Å². The second-order valence-corrected chi connectivity index (χ2v) is 8.46. The van der Waals surface area contributed by atoms with Gasteiger partial charge in [-0.15, -0.1) is 10.2 Å². The van der Waals surface area contributed by atoms with Crippen LogP contribution in [0.4, 0.5) is 5.69 Å². The van der Waals surface area contributed by atoms with E-state index in [0.717, 1.165) is 12.8 Å². The van der Waals surface area contributed by atoms with Crippen LogP contribution < -0.4 is 5.32 Å². The van der Waals surface area contributed by atoms with Crippen LogP contribution in [0.5, 0.6) is 0 Å².